The van der Waals surface area contributed by atoms with Crippen molar-refractivity contribution in [2.75, 3.05) is 19.0 Å². The Morgan fingerprint density at radius 3 is 2.31 bits per heavy atom. The molecule has 0 spiro atoms. The summed E-state index contributed by atoms with van der Waals surface area (Å²) in [5.41, 5.74) is 0.923. The average Bonchev–Trinajstić information content (AvgIpc) is 2.04. The van der Waals surface area contributed by atoms with E-state index >= 15 is 0 Å². The van der Waals surface area contributed by atoms with Gasteiger partial charge < -0.3 is 20.1 Å². The highest BCUT2D eigenvalue weighted by molar-refractivity contribution is 6.59. The van der Waals surface area contributed by atoms with Crippen LogP contribution in [-0.4, -0.2) is 36.4 Å². The Kier molecular flexibility index (Phi) is 2.80. The first-order valence-corrected chi connectivity index (χ1v) is 3.88. The van der Waals surface area contributed by atoms with Crippen molar-refractivity contribution >= 4 is 18.3 Å². The second kappa shape index (κ2) is 3.68. The molecule has 70 valence electrons. The monoisotopic (exact) mass is 181 g/mol. The van der Waals surface area contributed by atoms with Crippen molar-refractivity contribution in [2.45, 2.75) is 0 Å². The number of aromatic hydroxyl groups is 1. The topological polar surface area (TPSA) is 63.9 Å². The van der Waals surface area contributed by atoms with Gasteiger partial charge in [0.25, 0.3) is 0 Å². The summed E-state index contributed by atoms with van der Waals surface area (Å²) in [6.07, 6.45) is 0. The normalized spacial score (nSPS) is 9.85. The van der Waals surface area contributed by atoms with E-state index in [1.807, 2.05) is 19.0 Å². The Morgan fingerprint density at radius 1 is 1.23 bits per heavy atom. The molecular formula is C8H12BNO3. The Hall–Kier alpha value is -1.20. The van der Waals surface area contributed by atoms with E-state index in [4.69, 9.17) is 10.0 Å². The lowest BCUT2D eigenvalue weighted by Crippen LogP contribution is -2.30. The summed E-state index contributed by atoms with van der Waals surface area (Å²) >= 11 is 0. The first kappa shape index (κ1) is 9.89. The number of nitrogens with zero attached hydrogens (tertiary/aromatic N) is 1. The Labute approximate surface area is 77.2 Å². The van der Waals surface area contributed by atoms with Crippen LogP contribution in [0.4, 0.5) is 5.69 Å². The highest BCUT2D eigenvalue weighted by Gasteiger charge is 2.16. The predicted molar refractivity (Wildman–Crippen MR) is 52.3 cm³/mol. The maximum absolute atomic E-state index is 9.25. The van der Waals surface area contributed by atoms with E-state index in [-0.39, 0.29) is 11.2 Å². The lowest BCUT2D eigenvalue weighted by Gasteiger charge is -2.14. The maximum Gasteiger partial charge on any atom is 0.492 e. The van der Waals surface area contributed by atoms with Gasteiger partial charge in [0, 0.05) is 25.2 Å². The first-order valence-electron chi connectivity index (χ1n) is 3.88. The van der Waals surface area contributed by atoms with Crippen LogP contribution in [0.2, 0.25) is 0 Å². The summed E-state index contributed by atoms with van der Waals surface area (Å²) < 4.78 is 0. The molecule has 4 nitrogen and oxygen atoms in total. The second-order valence-electron chi connectivity index (χ2n) is 3.01. The molecular weight excluding hydrogens is 169 g/mol. The minimum atomic E-state index is -1.64. The quantitative estimate of drug-likeness (QED) is 0.519. The standard InChI is InChI=1S/C8H12BNO3/c1-10(2)6-3-4-8(11)7(5-6)9(12)13/h3-5,11-13H,1-2H3. The number of benzene rings is 1. The number of hydrogen-bond donors (Lipinski definition) is 3. The van der Waals surface area contributed by atoms with E-state index in [9.17, 15) is 5.11 Å². The molecule has 5 heteroatoms. The van der Waals surface area contributed by atoms with Gasteiger partial charge in [-0.15, -0.1) is 0 Å². The molecule has 1 aromatic rings. The van der Waals surface area contributed by atoms with Gasteiger partial charge in [0.05, 0.1) is 0 Å². The highest BCUT2D eigenvalue weighted by Crippen LogP contribution is 2.14. The van der Waals surface area contributed by atoms with E-state index in [1.165, 1.54) is 12.1 Å². The number of phenolic OH excluding ortho intramolecular Hbond substituents is 1. The van der Waals surface area contributed by atoms with Gasteiger partial charge in [0.2, 0.25) is 0 Å². The summed E-state index contributed by atoms with van der Waals surface area (Å²) in [7, 11) is 2.03. The molecule has 0 unspecified atom stereocenters. The Balaban J connectivity index is 3.11. The molecule has 0 atom stereocenters. The summed E-state index contributed by atoms with van der Waals surface area (Å²) in [6.45, 7) is 0. The molecule has 0 aliphatic rings. The Bertz CT molecular complexity index is 301. The minimum absolute atomic E-state index is 0.111. The third-order valence-electron chi connectivity index (χ3n) is 1.81. The summed E-state index contributed by atoms with van der Waals surface area (Å²) in [5.74, 6) is -0.111. The molecule has 0 heterocycles. The molecule has 0 aromatic heterocycles. The van der Waals surface area contributed by atoms with Crippen molar-refractivity contribution < 1.29 is 15.2 Å². The van der Waals surface area contributed by atoms with Gasteiger partial charge in [-0.2, -0.15) is 0 Å². The Morgan fingerprint density at radius 2 is 1.85 bits per heavy atom. The average molecular weight is 181 g/mol. The van der Waals surface area contributed by atoms with Gasteiger partial charge >= 0.3 is 7.12 Å². The van der Waals surface area contributed by atoms with Gasteiger partial charge in [-0.05, 0) is 18.2 Å². The first-order chi connectivity index (χ1) is 6.02. The molecule has 0 radical (unpaired) electrons. The van der Waals surface area contributed by atoms with E-state index in [0.717, 1.165) is 5.69 Å². The van der Waals surface area contributed by atoms with Gasteiger partial charge in [-0.1, -0.05) is 0 Å². The fraction of sp³-hybridized carbons (Fsp3) is 0.250. The summed E-state index contributed by atoms with van der Waals surface area (Å²) in [6, 6.07) is 4.66. The molecule has 13 heavy (non-hydrogen) atoms. The lowest BCUT2D eigenvalue weighted by atomic mass is 9.79. The van der Waals surface area contributed by atoms with E-state index in [0.29, 0.717) is 0 Å². The van der Waals surface area contributed by atoms with E-state index in [1.54, 1.807) is 6.07 Å². The van der Waals surface area contributed by atoms with Crippen molar-refractivity contribution in [1.82, 2.24) is 0 Å². The summed E-state index contributed by atoms with van der Waals surface area (Å²) in [5, 5.41) is 27.0. The molecule has 0 aliphatic heterocycles. The number of anilines is 1. The van der Waals surface area contributed by atoms with Gasteiger partial charge in [0.1, 0.15) is 5.75 Å². The smallest absolute Gasteiger partial charge is 0.492 e. The van der Waals surface area contributed by atoms with E-state index in [2.05, 4.69) is 0 Å². The van der Waals surface area contributed by atoms with Crippen molar-refractivity contribution in [3.8, 4) is 5.75 Å². The molecule has 1 rings (SSSR count). The molecule has 1 aromatic carbocycles. The van der Waals surface area contributed by atoms with Gasteiger partial charge in [-0.25, -0.2) is 0 Å². The van der Waals surface area contributed by atoms with Crippen LogP contribution in [0.3, 0.4) is 0 Å². The zero-order valence-electron chi connectivity index (χ0n) is 7.60. The third-order valence-corrected chi connectivity index (χ3v) is 1.81. The third kappa shape index (κ3) is 2.14. The molecule has 0 saturated carbocycles. The molecule has 0 saturated heterocycles. The zero-order chi connectivity index (χ0) is 10.0. The van der Waals surface area contributed by atoms with Crippen LogP contribution in [0.15, 0.2) is 18.2 Å². The second-order valence-corrected chi connectivity index (χ2v) is 3.01. The van der Waals surface area contributed by atoms with Crippen LogP contribution >= 0.6 is 0 Å². The number of phenols is 1. The van der Waals surface area contributed by atoms with Crippen LogP contribution < -0.4 is 10.4 Å². The number of rotatable bonds is 2. The van der Waals surface area contributed by atoms with Gasteiger partial charge in [0.15, 0.2) is 0 Å². The van der Waals surface area contributed by atoms with Crippen LogP contribution in [0.5, 0.6) is 5.75 Å². The molecule has 3 N–H and O–H groups in total. The lowest BCUT2D eigenvalue weighted by molar-refractivity contribution is 0.419. The molecule has 0 aliphatic carbocycles. The van der Waals surface area contributed by atoms with Crippen LogP contribution in [0.1, 0.15) is 0 Å². The zero-order valence-corrected chi connectivity index (χ0v) is 7.60. The molecule has 0 bridgehead atoms. The van der Waals surface area contributed by atoms with Crippen molar-refractivity contribution in [1.29, 1.82) is 0 Å². The largest absolute Gasteiger partial charge is 0.508 e. The van der Waals surface area contributed by atoms with Crippen molar-refractivity contribution in [3.05, 3.63) is 18.2 Å². The highest BCUT2D eigenvalue weighted by atomic mass is 16.4. The number of hydrogen-bond acceptors (Lipinski definition) is 4. The minimum Gasteiger partial charge on any atom is -0.508 e. The fourth-order valence-electron chi connectivity index (χ4n) is 1.03. The van der Waals surface area contributed by atoms with Crippen molar-refractivity contribution in [2.24, 2.45) is 0 Å². The van der Waals surface area contributed by atoms with E-state index < -0.39 is 7.12 Å². The fourth-order valence-corrected chi connectivity index (χ4v) is 1.03. The molecule has 0 amide bonds. The van der Waals surface area contributed by atoms with Crippen LogP contribution in [0.25, 0.3) is 0 Å². The van der Waals surface area contributed by atoms with Crippen LogP contribution in [-0.2, 0) is 0 Å². The molecule has 0 fully saturated rings. The SMILES string of the molecule is CN(C)c1ccc(O)c(B(O)O)c1. The summed E-state index contributed by atoms with van der Waals surface area (Å²) in [4.78, 5) is 1.81. The predicted octanol–water partition coefficient (Wildman–Crippen LogP) is -0.862. The van der Waals surface area contributed by atoms with Gasteiger partial charge in [-0.3, -0.25) is 0 Å². The van der Waals surface area contributed by atoms with Crippen LogP contribution in [0, 0.1) is 0 Å². The maximum atomic E-state index is 9.25. The van der Waals surface area contributed by atoms with Crippen molar-refractivity contribution in [3.63, 3.8) is 0 Å².